The highest BCUT2D eigenvalue weighted by molar-refractivity contribution is 5.93. The van der Waals surface area contributed by atoms with Crippen LogP contribution in [-0.2, 0) is 4.79 Å². The lowest BCUT2D eigenvalue weighted by Crippen LogP contribution is -2.28. The second-order valence-electron chi connectivity index (χ2n) is 4.07. The average Bonchev–Trinajstić information content (AvgIpc) is 2.28. The zero-order valence-corrected chi connectivity index (χ0v) is 11.7. The number of amides is 1. The summed E-state index contributed by atoms with van der Waals surface area (Å²) in [6.45, 7) is 4.85. The smallest absolute Gasteiger partial charge is 0.227 e. The van der Waals surface area contributed by atoms with Gasteiger partial charge in [-0.25, -0.2) is 0 Å². The van der Waals surface area contributed by atoms with E-state index >= 15 is 0 Å². The van der Waals surface area contributed by atoms with Gasteiger partial charge in [0.1, 0.15) is 0 Å². The first-order valence-electron chi connectivity index (χ1n) is 5.54. The van der Waals surface area contributed by atoms with E-state index in [4.69, 9.17) is 0 Å². The van der Waals surface area contributed by atoms with Crippen molar-refractivity contribution in [2.75, 3.05) is 25.5 Å². The van der Waals surface area contributed by atoms with Crippen LogP contribution in [0.4, 0.5) is 5.69 Å². The summed E-state index contributed by atoms with van der Waals surface area (Å²) < 4.78 is 0. The monoisotopic (exact) mass is 256 g/mol. The molecule has 0 aliphatic rings. The molecule has 0 fully saturated rings. The van der Waals surface area contributed by atoms with Gasteiger partial charge in [-0.3, -0.25) is 4.79 Å². The van der Waals surface area contributed by atoms with Crippen molar-refractivity contribution in [1.29, 1.82) is 0 Å². The third-order valence-electron chi connectivity index (χ3n) is 2.84. The van der Waals surface area contributed by atoms with Crippen LogP contribution < -0.4 is 10.2 Å². The first-order chi connectivity index (χ1) is 7.56. The number of anilines is 1. The Morgan fingerprint density at radius 2 is 1.94 bits per heavy atom. The second-order valence-corrected chi connectivity index (χ2v) is 4.07. The van der Waals surface area contributed by atoms with Gasteiger partial charge in [0.15, 0.2) is 0 Å². The minimum Gasteiger partial charge on any atom is -0.319 e. The van der Waals surface area contributed by atoms with E-state index in [2.05, 4.69) is 19.2 Å². The molecule has 0 radical (unpaired) electrons. The number of nitrogens with one attached hydrogen (secondary N) is 1. The normalized spacial score (nSPS) is 9.65. The van der Waals surface area contributed by atoms with E-state index in [1.54, 1.807) is 4.90 Å². The van der Waals surface area contributed by atoms with Crippen LogP contribution in [0.25, 0.3) is 0 Å². The van der Waals surface area contributed by atoms with Crippen molar-refractivity contribution in [3.8, 4) is 0 Å². The third-order valence-corrected chi connectivity index (χ3v) is 2.84. The van der Waals surface area contributed by atoms with E-state index in [1.165, 1.54) is 11.1 Å². The SMILES string of the molecule is CNCCC(=O)N(C)c1ccc(C)c(C)c1.Cl. The van der Waals surface area contributed by atoms with Crippen molar-refractivity contribution < 1.29 is 4.79 Å². The molecule has 0 saturated heterocycles. The van der Waals surface area contributed by atoms with Gasteiger partial charge < -0.3 is 10.2 Å². The maximum Gasteiger partial charge on any atom is 0.227 e. The van der Waals surface area contributed by atoms with Crippen molar-refractivity contribution in [2.24, 2.45) is 0 Å². The predicted octanol–water partition coefficient (Wildman–Crippen LogP) is 2.30. The van der Waals surface area contributed by atoms with Crippen molar-refractivity contribution >= 4 is 24.0 Å². The standard InChI is InChI=1S/C13H20N2O.ClH/c1-10-5-6-12(9-11(10)2)15(4)13(16)7-8-14-3;/h5-6,9,14H,7-8H2,1-4H3;1H. The zero-order chi connectivity index (χ0) is 12.1. The molecule has 1 rings (SSSR count). The Morgan fingerprint density at radius 1 is 1.29 bits per heavy atom. The van der Waals surface area contributed by atoms with Crippen molar-refractivity contribution in [3.63, 3.8) is 0 Å². The highest BCUT2D eigenvalue weighted by Crippen LogP contribution is 2.18. The number of benzene rings is 1. The first-order valence-corrected chi connectivity index (χ1v) is 5.54. The highest BCUT2D eigenvalue weighted by Gasteiger charge is 2.10. The van der Waals surface area contributed by atoms with Gasteiger partial charge in [0.05, 0.1) is 0 Å². The lowest BCUT2D eigenvalue weighted by molar-refractivity contribution is -0.118. The molecule has 0 bridgehead atoms. The molecule has 0 heterocycles. The van der Waals surface area contributed by atoms with Gasteiger partial charge in [0.2, 0.25) is 5.91 Å². The molecule has 0 spiro atoms. The predicted molar refractivity (Wildman–Crippen MR) is 75.1 cm³/mol. The lowest BCUT2D eigenvalue weighted by atomic mass is 10.1. The van der Waals surface area contributed by atoms with Gasteiger partial charge in [-0.15, -0.1) is 12.4 Å². The summed E-state index contributed by atoms with van der Waals surface area (Å²) in [7, 11) is 3.67. The Kier molecular flexibility index (Phi) is 6.85. The molecule has 1 aromatic carbocycles. The molecule has 0 saturated carbocycles. The van der Waals surface area contributed by atoms with E-state index < -0.39 is 0 Å². The molecular formula is C13H21ClN2O. The maximum atomic E-state index is 11.8. The fraction of sp³-hybridized carbons (Fsp3) is 0.462. The number of nitrogens with zero attached hydrogens (tertiary/aromatic N) is 1. The number of aryl methyl sites for hydroxylation is 2. The van der Waals surface area contributed by atoms with Gasteiger partial charge in [-0.2, -0.15) is 0 Å². The van der Waals surface area contributed by atoms with Crippen molar-refractivity contribution in [3.05, 3.63) is 29.3 Å². The highest BCUT2D eigenvalue weighted by atomic mass is 35.5. The van der Waals surface area contributed by atoms with Gasteiger partial charge in [-0.1, -0.05) is 6.07 Å². The summed E-state index contributed by atoms with van der Waals surface area (Å²) in [5.74, 6) is 0.137. The fourth-order valence-corrected chi connectivity index (χ4v) is 1.48. The van der Waals surface area contributed by atoms with Crippen LogP contribution in [-0.4, -0.2) is 26.5 Å². The molecule has 1 amide bonds. The van der Waals surface area contributed by atoms with Gasteiger partial charge in [0, 0.05) is 25.7 Å². The van der Waals surface area contributed by atoms with E-state index in [0.717, 1.165) is 5.69 Å². The Labute approximate surface area is 110 Å². The molecule has 1 aromatic rings. The Balaban J connectivity index is 0.00000256. The summed E-state index contributed by atoms with van der Waals surface area (Å²) >= 11 is 0. The number of hydrogen-bond acceptors (Lipinski definition) is 2. The molecule has 3 nitrogen and oxygen atoms in total. The topological polar surface area (TPSA) is 32.3 Å². The molecule has 0 aliphatic heterocycles. The molecule has 4 heteroatoms. The molecule has 1 N–H and O–H groups in total. The van der Waals surface area contributed by atoms with Crippen LogP contribution in [0.5, 0.6) is 0 Å². The second kappa shape index (κ2) is 7.30. The Hall–Kier alpha value is -1.06. The maximum absolute atomic E-state index is 11.8. The summed E-state index contributed by atoms with van der Waals surface area (Å²) in [4.78, 5) is 13.5. The fourth-order valence-electron chi connectivity index (χ4n) is 1.48. The van der Waals surface area contributed by atoms with Crippen LogP contribution in [0, 0.1) is 13.8 Å². The molecular weight excluding hydrogens is 236 g/mol. The molecule has 96 valence electrons. The van der Waals surface area contributed by atoms with Gasteiger partial charge in [-0.05, 0) is 44.2 Å². The van der Waals surface area contributed by atoms with E-state index in [-0.39, 0.29) is 18.3 Å². The number of halogens is 1. The van der Waals surface area contributed by atoms with Crippen LogP contribution in [0.1, 0.15) is 17.5 Å². The molecule has 0 atom stereocenters. The van der Waals surface area contributed by atoms with Crippen molar-refractivity contribution in [1.82, 2.24) is 5.32 Å². The van der Waals surface area contributed by atoms with E-state index in [0.29, 0.717) is 13.0 Å². The average molecular weight is 257 g/mol. The van der Waals surface area contributed by atoms with Crippen LogP contribution in [0.15, 0.2) is 18.2 Å². The summed E-state index contributed by atoms with van der Waals surface area (Å²) in [5.41, 5.74) is 3.43. The number of carbonyl (C=O) groups is 1. The summed E-state index contributed by atoms with van der Waals surface area (Å²) in [6, 6.07) is 6.08. The lowest BCUT2D eigenvalue weighted by Gasteiger charge is -2.18. The van der Waals surface area contributed by atoms with Gasteiger partial charge >= 0.3 is 0 Å². The van der Waals surface area contributed by atoms with E-state index in [9.17, 15) is 4.79 Å². The summed E-state index contributed by atoms with van der Waals surface area (Å²) in [6.07, 6.45) is 0.528. The largest absolute Gasteiger partial charge is 0.319 e. The Morgan fingerprint density at radius 3 is 2.47 bits per heavy atom. The number of hydrogen-bond donors (Lipinski definition) is 1. The van der Waals surface area contributed by atoms with Crippen LogP contribution >= 0.6 is 12.4 Å². The molecule has 0 unspecified atom stereocenters. The van der Waals surface area contributed by atoms with Crippen LogP contribution in [0.2, 0.25) is 0 Å². The molecule has 0 aliphatic carbocycles. The van der Waals surface area contributed by atoms with Gasteiger partial charge in [0.25, 0.3) is 0 Å². The van der Waals surface area contributed by atoms with E-state index in [1.807, 2.05) is 32.3 Å². The number of carbonyl (C=O) groups excluding carboxylic acids is 1. The zero-order valence-electron chi connectivity index (χ0n) is 10.9. The Bertz CT molecular complexity index is 380. The minimum absolute atomic E-state index is 0. The molecule has 0 aromatic heterocycles. The van der Waals surface area contributed by atoms with Crippen LogP contribution in [0.3, 0.4) is 0 Å². The quantitative estimate of drug-likeness (QED) is 0.897. The minimum atomic E-state index is 0. The van der Waals surface area contributed by atoms with Crippen molar-refractivity contribution in [2.45, 2.75) is 20.3 Å². The third kappa shape index (κ3) is 4.36. The first kappa shape index (κ1) is 15.9. The molecule has 17 heavy (non-hydrogen) atoms. The number of rotatable bonds is 4. The summed E-state index contributed by atoms with van der Waals surface area (Å²) in [5, 5.41) is 2.98.